The highest BCUT2D eigenvalue weighted by Crippen LogP contribution is 2.19. The predicted octanol–water partition coefficient (Wildman–Crippen LogP) is 0.571. The second-order valence-corrected chi connectivity index (χ2v) is 4.12. The van der Waals surface area contributed by atoms with E-state index in [1.54, 1.807) is 0 Å². The number of amides is 2. The molecule has 0 saturated carbocycles. The number of carbonyl (C=O) groups excluding carboxylic acids is 2. The first-order valence-corrected chi connectivity index (χ1v) is 5.78. The zero-order chi connectivity index (χ0) is 13.1. The van der Waals surface area contributed by atoms with Crippen LogP contribution in [0.25, 0.3) is 0 Å². The minimum atomic E-state index is -0.698. The molecule has 1 fully saturated rings. The molecule has 5 nitrogen and oxygen atoms in total. The SMILES string of the molecule is CNC(=O)C1CCCN1C(=O)c1cccc(F)n1. The lowest BCUT2D eigenvalue weighted by Gasteiger charge is -2.22. The molecule has 0 aliphatic carbocycles. The molecule has 0 bridgehead atoms. The van der Waals surface area contributed by atoms with E-state index < -0.39 is 17.9 Å². The van der Waals surface area contributed by atoms with E-state index in [-0.39, 0.29) is 11.6 Å². The second kappa shape index (κ2) is 5.12. The molecule has 96 valence electrons. The Bertz CT molecular complexity index is 478. The van der Waals surface area contributed by atoms with Crippen molar-refractivity contribution in [2.45, 2.75) is 18.9 Å². The van der Waals surface area contributed by atoms with Crippen molar-refractivity contribution in [2.24, 2.45) is 0 Å². The number of likely N-dealkylation sites (tertiary alicyclic amines) is 1. The number of nitrogens with one attached hydrogen (secondary N) is 1. The van der Waals surface area contributed by atoms with Crippen LogP contribution in [0, 0.1) is 5.95 Å². The van der Waals surface area contributed by atoms with Crippen LogP contribution >= 0.6 is 0 Å². The molecule has 2 amide bonds. The summed E-state index contributed by atoms with van der Waals surface area (Å²) in [6.07, 6.45) is 1.39. The summed E-state index contributed by atoms with van der Waals surface area (Å²) in [6, 6.07) is 3.58. The molecule has 2 rings (SSSR count). The molecule has 1 aromatic rings. The van der Waals surface area contributed by atoms with Gasteiger partial charge in [-0.2, -0.15) is 4.39 Å². The van der Waals surface area contributed by atoms with Gasteiger partial charge in [0.25, 0.3) is 5.91 Å². The smallest absolute Gasteiger partial charge is 0.273 e. The van der Waals surface area contributed by atoms with E-state index in [2.05, 4.69) is 10.3 Å². The van der Waals surface area contributed by atoms with E-state index in [1.165, 1.54) is 30.1 Å². The van der Waals surface area contributed by atoms with Crippen LogP contribution in [0.5, 0.6) is 0 Å². The van der Waals surface area contributed by atoms with Crippen LogP contribution in [-0.2, 0) is 4.79 Å². The van der Waals surface area contributed by atoms with E-state index in [9.17, 15) is 14.0 Å². The molecule has 18 heavy (non-hydrogen) atoms. The van der Waals surface area contributed by atoms with Crippen LogP contribution in [0.3, 0.4) is 0 Å². The fraction of sp³-hybridized carbons (Fsp3) is 0.417. The van der Waals surface area contributed by atoms with Crippen molar-refractivity contribution in [1.29, 1.82) is 0 Å². The van der Waals surface area contributed by atoms with Gasteiger partial charge in [0.15, 0.2) is 0 Å². The van der Waals surface area contributed by atoms with Gasteiger partial charge in [-0.15, -0.1) is 0 Å². The molecular formula is C12H14FN3O2. The molecule has 2 heterocycles. The van der Waals surface area contributed by atoms with Gasteiger partial charge in [-0.25, -0.2) is 4.98 Å². The van der Waals surface area contributed by atoms with E-state index in [0.717, 1.165) is 6.42 Å². The number of aromatic nitrogens is 1. The van der Waals surface area contributed by atoms with Crippen molar-refractivity contribution in [3.05, 3.63) is 29.8 Å². The molecule has 1 aromatic heterocycles. The number of hydrogen-bond donors (Lipinski definition) is 1. The van der Waals surface area contributed by atoms with Gasteiger partial charge in [0.1, 0.15) is 11.7 Å². The van der Waals surface area contributed by atoms with Crippen LogP contribution in [0.1, 0.15) is 23.3 Å². The lowest BCUT2D eigenvalue weighted by atomic mass is 10.2. The lowest BCUT2D eigenvalue weighted by molar-refractivity contribution is -0.124. The molecule has 1 unspecified atom stereocenters. The fourth-order valence-corrected chi connectivity index (χ4v) is 2.12. The Hall–Kier alpha value is -1.98. The standard InChI is InChI=1S/C12H14FN3O2/c1-14-11(17)9-5-3-7-16(9)12(18)8-4-2-6-10(13)15-8/h2,4,6,9H,3,5,7H2,1H3,(H,14,17). The maximum Gasteiger partial charge on any atom is 0.273 e. The zero-order valence-electron chi connectivity index (χ0n) is 10.0. The predicted molar refractivity (Wildman–Crippen MR) is 62.3 cm³/mol. The first-order valence-electron chi connectivity index (χ1n) is 5.78. The summed E-state index contributed by atoms with van der Waals surface area (Å²) in [6.45, 7) is 0.495. The highest BCUT2D eigenvalue weighted by Gasteiger charge is 2.34. The summed E-state index contributed by atoms with van der Waals surface area (Å²) in [5.74, 6) is -1.30. The van der Waals surface area contributed by atoms with Gasteiger partial charge in [0.05, 0.1) is 0 Å². The molecule has 0 radical (unpaired) electrons. The third-order valence-corrected chi connectivity index (χ3v) is 3.00. The minimum absolute atomic E-state index is 0.0332. The largest absolute Gasteiger partial charge is 0.357 e. The van der Waals surface area contributed by atoms with Gasteiger partial charge in [-0.05, 0) is 25.0 Å². The normalized spacial score (nSPS) is 18.8. The Morgan fingerprint density at radius 3 is 2.94 bits per heavy atom. The third-order valence-electron chi connectivity index (χ3n) is 3.00. The number of pyridine rings is 1. The number of halogens is 1. The van der Waals surface area contributed by atoms with Crippen LogP contribution in [0.2, 0.25) is 0 Å². The molecule has 0 aromatic carbocycles. The maximum atomic E-state index is 13.0. The van der Waals surface area contributed by atoms with Gasteiger partial charge in [-0.3, -0.25) is 9.59 Å². The minimum Gasteiger partial charge on any atom is -0.357 e. The molecule has 0 spiro atoms. The Morgan fingerprint density at radius 1 is 1.50 bits per heavy atom. The van der Waals surface area contributed by atoms with E-state index in [4.69, 9.17) is 0 Å². The number of rotatable bonds is 2. The molecule has 1 aliphatic heterocycles. The zero-order valence-corrected chi connectivity index (χ0v) is 10.0. The quantitative estimate of drug-likeness (QED) is 0.782. The molecule has 1 atom stereocenters. The van der Waals surface area contributed by atoms with Crippen molar-refractivity contribution < 1.29 is 14.0 Å². The summed E-state index contributed by atoms with van der Waals surface area (Å²) in [7, 11) is 1.53. The number of likely N-dealkylation sites (N-methyl/N-ethyl adjacent to an activating group) is 1. The number of hydrogen-bond acceptors (Lipinski definition) is 3. The van der Waals surface area contributed by atoms with Gasteiger partial charge in [-0.1, -0.05) is 6.07 Å². The summed E-state index contributed by atoms with van der Waals surface area (Å²) < 4.78 is 13.0. The van der Waals surface area contributed by atoms with Crippen molar-refractivity contribution in [1.82, 2.24) is 15.2 Å². The van der Waals surface area contributed by atoms with Crippen LogP contribution in [0.15, 0.2) is 18.2 Å². The van der Waals surface area contributed by atoms with Gasteiger partial charge < -0.3 is 10.2 Å². The Morgan fingerprint density at radius 2 is 2.28 bits per heavy atom. The van der Waals surface area contributed by atoms with Crippen molar-refractivity contribution >= 4 is 11.8 Å². The monoisotopic (exact) mass is 251 g/mol. The summed E-state index contributed by atoms with van der Waals surface area (Å²) >= 11 is 0. The molecule has 1 aliphatic rings. The van der Waals surface area contributed by atoms with Crippen molar-refractivity contribution in [2.75, 3.05) is 13.6 Å². The molecule has 1 N–H and O–H groups in total. The lowest BCUT2D eigenvalue weighted by Crippen LogP contribution is -2.45. The first-order chi connectivity index (χ1) is 8.63. The Kier molecular flexibility index (Phi) is 3.55. The van der Waals surface area contributed by atoms with Crippen LogP contribution in [0.4, 0.5) is 4.39 Å². The van der Waals surface area contributed by atoms with E-state index in [1.807, 2.05) is 0 Å². The van der Waals surface area contributed by atoms with Gasteiger partial charge in [0.2, 0.25) is 11.9 Å². The topological polar surface area (TPSA) is 62.3 Å². The maximum absolute atomic E-state index is 13.0. The van der Waals surface area contributed by atoms with Crippen LogP contribution in [-0.4, -0.2) is 41.3 Å². The highest BCUT2D eigenvalue weighted by atomic mass is 19.1. The van der Waals surface area contributed by atoms with E-state index >= 15 is 0 Å². The fourth-order valence-electron chi connectivity index (χ4n) is 2.12. The Labute approximate surface area is 104 Å². The van der Waals surface area contributed by atoms with E-state index in [0.29, 0.717) is 13.0 Å². The van der Waals surface area contributed by atoms with Gasteiger partial charge >= 0.3 is 0 Å². The van der Waals surface area contributed by atoms with Crippen molar-refractivity contribution in [3.8, 4) is 0 Å². The summed E-state index contributed by atoms with van der Waals surface area (Å²) in [4.78, 5) is 28.8. The highest BCUT2D eigenvalue weighted by molar-refractivity contribution is 5.96. The average molecular weight is 251 g/mol. The number of nitrogens with zero attached hydrogens (tertiary/aromatic N) is 2. The molecule has 6 heteroatoms. The number of carbonyl (C=O) groups is 2. The van der Waals surface area contributed by atoms with Crippen LogP contribution < -0.4 is 5.32 Å². The Balaban J connectivity index is 2.20. The first kappa shape index (κ1) is 12.5. The third kappa shape index (κ3) is 2.32. The summed E-state index contributed by atoms with van der Waals surface area (Å²) in [5, 5.41) is 2.53. The molecule has 1 saturated heterocycles. The molecular weight excluding hydrogens is 237 g/mol. The summed E-state index contributed by atoms with van der Waals surface area (Å²) in [5.41, 5.74) is 0.0332. The van der Waals surface area contributed by atoms with Crippen molar-refractivity contribution in [3.63, 3.8) is 0 Å². The van der Waals surface area contributed by atoms with Gasteiger partial charge in [0, 0.05) is 13.6 Å². The second-order valence-electron chi connectivity index (χ2n) is 4.12. The average Bonchev–Trinajstić information content (AvgIpc) is 2.86.